The summed E-state index contributed by atoms with van der Waals surface area (Å²) < 4.78 is 15.3. The number of pyridine rings is 1. The smallest absolute Gasteiger partial charge is 0.222 e. The molecular weight excluding hydrogens is 346 g/mol. The SMILES string of the molecule is COC1(c2cc(-c3cn(C)c4cnc(NC(C)=O)cc34)nn2C)CCOC1. The molecule has 4 heterocycles. The van der Waals surface area contributed by atoms with E-state index in [2.05, 4.69) is 16.4 Å². The Morgan fingerprint density at radius 1 is 1.37 bits per heavy atom. The molecule has 1 unspecified atom stereocenters. The lowest BCUT2D eigenvalue weighted by Crippen LogP contribution is -2.31. The first kappa shape index (κ1) is 17.7. The Labute approximate surface area is 157 Å². The van der Waals surface area contributed by atoms with Crippen molar-refractivity contribution in [1.82, 2.24) is 19.3 Å². The third-order valence-electron chi connectivity index (χ3n) is 5.18. The molecule has 1 aliphatic heterocycles. The minimum absolute atomic E-state index is 0.150. The molecule has 4 rings (SSSR count). The van der Waals surface area contributed by atoms with Crippen molar-refractivity contribution in [2.75, 3.05) is 25.6 Å². The molecule has 1 saturated heterocycles. The number of rotatable bonds is 4. The van der Waals surface area contributed by atoms with Crippen molar-refractivity contribution in [3.05, 3.63) is 30.2 Å². The predicted molar refractivity (Wildman–Crippen MR) is 101 cm³/mol. The van der Waals surface area contributed by atoms with Crippen LogP contribution in [0.5, 0.6) is 0 Å². The average Bonchev–Trinajstić information content (AvgIpc) is 3.32. The van der Waals surface area contributed by atoms with Gasteiger partial charge < -0.3 is 19.4 Å². The molecule has 27 heavy (non-hydrogen) atoms. The third kappa shape index (κ3) is 2.90. The topological polar surface area (TPSA) is 83.2 Å². The zero-order chi connectivity index (χ0) is 19.2. The van der Waals surface area contributed by atoms with Crippen LogP contribution in [-0.2, 0) is 34.0 Å². The Bertz CT molecular complexity index is 1010. The number of aryl methyl sites for hydroxylation is 2. The number of aromatic nitrogens is 4. The van der Waals surface area contributed by atoms with Crippen molar-refractivity contribution in [3.63, 3.8) is 0 Å². The minimum Gasteiger partial charge on any atom is -0.378 e. The maximum absolute atomic E-state index is 11.4. The molecule has 8 nitrogen and oxygen atoms in total. The van der Waals surface area contributed by atoms with Gasteiger partial charge in [0.2, 0.25) is 5.91 Å². The maximum atomic E-state index is 11.4. The second-order valence-corrected chi connectivity index (χ2v) is 6.96. The van der Waals surface area contributed by atoms with Crippen molar-refractivity contribution in [1.29, 1.82) is 0 Å². The summed E-state index contributed by atoms with van der Waals surface area (Å²) in [5.41, 5.74) is 3.32. The molecule has 0 aromatic carbocycles. The molecule has 0 saturated carbocycles. The van der Waals surface area contributed by atoms with Gasteiger partial charge in [0.1, 0.15) is 11.4 Å². The molecule has 0 bridgehead atoms. The van der Waals surface area contributed by atoms with Gasteiger partial charge in [0.25, 0.3) is 0 Å². The van der Waals surface area contributed by atoms with Gasteiger partial charge in [0, 0.05) is 58.3 Å². The van der Waals surface area contributed by atoms with Crippen LogP contribution in [0.3, 0.4) is 0 Å². The van der Waals surface area contributed by atoms with Crippen molar-refractivity contribution in [2.24, 2.45) is 14.1 Å². The van der Waals surface area contributed by atoms with Gasteiger partial charge in [-0.05, 0) is 12.1 Å². The van der Waals surface area contributed by atoms with Crippen molar-refractivity contribution in [3.8, 4) is 11.3 Å². The molecular formula is C19H23N5O3. The van der Waals surface area contributed by atoms with Crippen LogP contribution in [0.1, 0.15) is 19.0 Å². The lowest BCUT2D eigenvalue weighted by Gasteiger charge is -2.25. The molecule has 1 N–H and O–H groups in total. The highest BCUT2D eigenvalue weighted by atomic mass is 16.5. The Balaban J connectivity index is 1.83. The van der Waals surface area contributed by atoms with E-state index in [0.717, 1.165) is 34.3 Å². The number of carbonyl (C=O) groups is 1. The summed E-state index contributed by atoms with van der Waals surface area (Å²) >= 11 is 0. The Morgan fingerprint density at radius 2 is 2.19 bits per heavy atom. The number of ether oxygens (including phenoxy) is 2. The molecule has 1 fully saturated rings. The minimum atomic E-state index is -0.465. The normalized spacial score (nSPS) is 19.7. The Kier molecular flexibility index (Phi) is 4.24. The van der Waals surface area contributed by atoms with Gasteiger partial charge in [-0.2, -0.15) is 5.10 Å². The number of nitrogens with zero attached hydrogens (tertiary/aromatic N) is 4. The van der Waals surface area contributed by atoms with Crippen LogP contribution in [-0.4, -0.2) is 45.6 Å². The number of carbonyl (C=O) groups excluding carboxylic acids is 1. The second kappa shape index (κ2) is 6.47. The fourth-order valence-corrected chi connectivity index (χ4v) is 3.77. The van der Waals surface area contributed by atoms with E-state index in [1.54, 1.807) is 13.3 Å². The highest BCUT2D eigenvalue weighted by molar-refractivity contribution is 5.98. The van der Waals surface area contributed by atoms with Gasteiger partial charge in [-0.3, -0.25) is 9.48 Å². The van der Waals surface area contributed by atoms with Gasteiger partial charge in [0.05, 0.1) is 29.7 Å². The van der Waals surface area contributed by atoms with E-state index in [0.29, 0.717) is 19.0 Å². The van der Waals surface area contributed by atoms with Crippen LogP contribution in [0, 0.1) is 0 Å². The average molecular weight is 369 g/mol. The number of fused-ring (bicyclic) bond motifs is 1. The third-order valence-corrected chi connectivity index (χ3v) is 5.18. The van der Waals surface area contributed by atoms with Crippen LogP contribution in [0.4, 0.5) is 5.82 Å². The predicted octanol–water partition coefficient (Wildman–Crippen LogP) is 2.19. The second-order valence-electron chi connectivity index (χ2n) is 6.96. The van der Waals surface area contributed by atoms with Crippen molar-refractivity contribution >= 4 is 22.6 Å². The molecule has 1 amide bonds. The molecule has 142 valence electrons. The fraction of sp³-hybridized carbons (Fsp3) is 0.421. The number of hydrogen-bond donors (Lipinski definition) is 1. The summed E-state index contributed by atoms with van der Waals surface area (Å²) in [5.74, 6) is 0.374. The zero-order valence-electron chi connectivity index (χ0n) is 15.9. The zero-order valence-corrected chi connectivity index (χ0v) is 15.9. The quantitative estimate of drug-likeness (QED) is 0.762. The standard InChI is InChI=1S/C19H23N5O3/c1-12(25)21-18-7-13-14(10-23(2)16(13)9-20-18)15-8-17(24(3)22-15)19(26-4)5-6-27-11-19/h7-10H,5-6,11H2,1-4H3,(H,20,21,25). The number of hydrogen-bond acceptors (Lipinski definition) is 5. The Hall–Kier alpha value is -2.71. The molecule has 0 spiro atoms. The van der Waals surface area contributed by atoms with Crippen molar-refractivity contribution < 1.29 is 14.3 Å². The van der Waals surface area contributed by atoms with Crippen LogP contribution in [0.2, 0.25) is 0 Å². The lowest BCUT2D eigenvalue weighted by molar-refractivity contribution is -0.114. The van der Waals surface area contributed by atoms with Crippen molar-refractivity contribution in [2.45, 2.75) is 18.9 Å². The summed E-state index contributed by atoms with van der Waals surface area (Å²) in [5, 5.41) is 8.45. The summed E-state index contributed by atoms with van der Waals surface area (Å²) in [7, 11) is 5.61. The van der Waals surface area contributed by atoms with E-state index in [-0.39, 0.29) is 5.91 Å². The van der Waals surface area contributed by atoms with Gasteiger partial charge in [0.15, 0.2) is 0 Å². The highest BCUT2D eigenvalue weighted by Gasteiger charge is 2.40. The molecule has 0 radical (unpaired) electrons. The van der Waals surface area contributed by atoms with Crippen LogP contribution < -0.4 is 5.32 Å². The van der Waals surface area contributed by atoms with E-state index in [1.807, 2.05) is 35.6 Å². The van der Waals surface area contributed by atoms with Gasteiger partial charge in [-0.15, -0.1) is 0 Å². The number of nitrogens with one attached hydrogen (secondary N) is 1. The summed E-state index contributed by atoms with van der Waals surface area (Å²) in [6, 6.07) is 3.94. The summed E-state index contributed by atoms with van der Waals surface area (Å²) in [4.78, 5) is 15.7. The number of amides is 1. The molecule has 3 aromatic heterocycles. The van der Waals surface area contributed by atoms with Crippen LogP contribution in [0.15, 0.2) is 24.5 Å². The first-order valence-corrected chi connectivity index (χ1v) is 8.84. The number of methoxy groups -OCH3 is 1. The fourth-order valence-electron chi connectivity index (χ4n) is 3.77. The van der Waals surface area contributed by atoms with E-state index >= 15 is 0 Å². The van der Waals surface area contributed by atoms with Crippen LogP contribution >= 0.6 is 0 Å². The molecule has 1 aliphatic rings. The first-order valence-electron chi connectivity index (χ1n) is 8.84. The van der Waals surface area contributed by atoms with E-state index in [4.69, 9.17) is 14.6 Å². The molecule has 3 aromatic rings. The summed E-state index contributed by atoms with van der Waals surface area (Å²) in [6.45, 7) is 2.67. The number of anilines is 1. The maximum Gasteiger partial charge on any atom is 0.222 e. The summed E-state index contributed by atoms with van der Waals surface area (Å²) in [6.07, 6.45) is 4.59. The van der Waals surface area contributed by atoms with Gasteiger partial charge in [-0.1, -0.05) is 0 Å². The van der Waals surface area contributed by atoms with Gasteiger partial charge in [-0.25, -0.2) is 4.98 Å². The molecule has 0 aliphatic carbocycles. The van der Waals surface area contributed by atoms with E-state index in [9.17, 15) is 4.79 Å². The van der Waals surface area contributed by atoms with E-state index in [1.165, 1.54) is 6.92 Å². The van der Waals surface area contributed by atoms with Crippen LogP contribution in [0.25, 0.3) is 22.2 Å². The largest absolute Gasteiger partial charge is 0.378 e. The molecule has 1 atom stereocenters. The highest BCUT2D eigenvalue weighted by Crippen LogP contribution is 2.37. The first-order chi connectivity index (χ1) is 12.9. The Morgan fingerprint density at radius 3 is 2.85 bits per heavy atom. The monoisotopic (exact) mass is 369 g/mol. The lowest BCUT2D eigenvalue weighted by atomic mass is 9.97. The molecule has 8 heteroatoms. The van der Waals surface area contributed by atoms with E-state index < -0.39 is 5.60 Å². The van der Waals surface area contributed by atoms with Gasteiger partial charge >= 0.3 is 0 Å².